The molecule has 10 nitrogen and oxygen atoms in total. The van der Waals surface area contributed by atoms with Crippen molar-refractivity contribution in [3.63, 3.8) is 0 Å². The molecule has 0 fully saturated rings. The smallest absolute Gasteiger partial charge is 0.271 e. The third kappa shape index (κ3) is 4.21. The number of nitrogens with zero attached hydrogens (tertiary/aromatic N) is 5. The Balaban J connectivity index is 1.72. The number of hydrogen-bond acceptors (Lipinski definition) is 7. The van der Waals surface area contributed by atoms with Crippen molar-refractivity contribution in [1.29, 1.82) is 0 Å². The fraction of sp³-hybridized carbons (Fsp3) is 0.125. The number of carbonyl (C=O) groups is 1. The molecule has 3 rings (SSSR count). The number of benzene rings is 2. The zero-order valence-corrected chi connectivity index (χ0v) is 14.0. The van der Waals surface area contributed by atoms with Crippen LogP contribution in [0.2, 0.25) is 0 Å². The molecular weight excluding hydrogens is 359 g/mol. The summed E-state index contributed by atoms with van der Waals surface area (Å²) in [5, 5.41) is 25.0. The first-order valence-electron chi connectivity index (χ1n) is 7.62. The van der Waals surface area contributed by atoms with Gasteiger partial charge in [-0.3, -0.25) is 14.9 Å². The minimum absolute atomic E-state index is 0.149. The van der Waals surface area contributed by atoms with E-state index in [9.17, 15) is 19.3 Å². The number of nitro benzene ring substituents is 1. The number of non-ortho nitro benzene ring substituents is 1. The maximum absolute atomic E-state index is 13.0. The number of ether oxygens (including phenoxy) is 1. The molecule has 0 aliphatic rings. The van der Waals surface area contributed by atoms with E-state index >= 15 is 0 Å². The molecule has 0 radical (unpaired) electrons. The Morgan fingerprint density at radius 1 is 1.30 bits per heavy atom. The van der Waals surface area contributed by atoms with E-state index in [1.54, 1.807) is 0 Å². The van der Waals surface area contributed by atoms with Crippen molar-refractivity contribution in [3.05, 3.63) is 58.4 Å². The van der Waals surface area contributed by atoms with Crippen molar-refractivity contribution < 1.29 is 18.8 Å². The summed E-state index contributed by atoms with van der Waals surface area (Å²) < 4.78 is 18.0. The lowest BCUT2D eigenvalue weighted by molar-refractivity contribution is -0.384. The monoisotopic (exact) mass is 372 g/mol. The fourth-order valence-corrected chi connectivity index (χ4v) is 2.25. The molecular formula is C16H13FN6O4. The minimum Gasteiger partial charge on any atom is -0.495 e. The third-order valence-corrected chi connectivity index (χ3v) is 3.51. The number of rotatable bonds is 6. The maximum Gasteiger partial charge on any atom is 0.271 e. The van der Waals surface area contributed by atoms with Crippen LogP contribution in [0.15, 0.2) is 42.5 Å². The molecule has 3 aromatic rings. The Labute approximate surface area is 151 Å². The van der Waals surface area contributed by atoms with E-state index in [0.29, 0.717) is 5.56 Å². The Kier molecular flexibility index (Phi) is 5.01. The van der Waals surface area contributed by atoms with Crippen molar-refractivity contribution in [2.45, 2.75) is 6.54 Å². The molecule has 0 atom stereocenters. The molecule has 0 saturated heterocycles. The number of carbonyl (C=O) groups excluding carboxylic acids is 1. The number of aromatic nitrogens is 4. The van der Waals surface area contributed by atoms with Crippen molar-refractivity contribution in [2.24, 2.45) is 0 Å². The van der Waals surface area contributed by atoms with Gasteiger partial charge in [0.05, 0.1) is 17.7 Å². The molecule has 1 N–H and O–H groups in total. The number of hydrogen-bond donors (Lipinski definition) is 1. The molecule has 0 aliphatic heterocycles. The van der Waals surface area contributed by atoms with Gasteiger partial charge in [0.15, 0.2) is 0 Å². The number of methoxy groups -OCH3 is 1. The van der Waals surface area contributed by atoms with Gasteiger partial charge >= 0.3 is 0 Å². The summed E-state index contributed by atoms with van der Waals surface area (Å²) in [7, 11) is 1.38. The number of nitrogens with one attached hydrogen (secondary N) is 1. The topological polar surface area (TPSA) is 125 Å². The molecule has 1 amide bonds. The number of halogens is 1. The highest BCUT2D eigenvalue weighted by atomic mass is 19.1. The molecule has 0 aliphatic carbocycles. The highest BCUT2D eigenvalue weighted by Gasteiger charge is 2.15. The Morgan fingerprint density at radius 2 is 2.04 bits per heavy atom. The standard InChI is InChI=1S/C16H13FN6O4/c1-27-14-7-6-12(23(25)26)8-13(14)18-15(24)9-22-20-16(19-21-22)10-2-4-11(17)5-3-10/h2-8H,9H2,1H3,(H,18,24). The summed E-state index contributed by atoms with van der Waals surface area (Å²) >= 11 is 0. The van der Waals surface area contributed by atoms with Gasteiger partial charge in [-0.15, -0.1) is 10.2 Å². The first kappa shape index (κ1) is 17.9. The van der Waals surface area contributed by atoms with Gasteiger partial charge in [-0.05, 0) is 35.5 Å². The van der Waals surface area contributed by atoms with E-state index < -0.39 is 16.6 Å². The largest absolute Gasteiger partial charge is 0.495 e. The van der Waals surface area contributed by atoms with Crippen LogP contribution in [0.1, 0.15) is 0 Å². The summed E-state index contributed by atoms with van der Waals surface area (Å²) in [6.45, 7) is -0.278. The summed E-state index contributed by atoms with van der Waals surface area (Å²) in [6, 6.07) is 9.34. The summed E-state index contributed by atoms with van der Waals surface area (Å²) in [5.41, 5.74) is 0.502. The SMILES string of the molecule is COc1ccc([N+](=O)[O-])cc1NC(=O)Cn1nnc(-c2ccc(F)cc2)n1. The number of amides is 1. The van der Waals surface area contributed by atoms with Gasteiger partial charge in [-0.1, -0.05) is 0 Å². The van der Waals surface area contributed by atoms with Gasteiger partial charge < -0.3 is 10.1 Å². The van der Waals surface area contributed by atoms with Gasteiger partial charge in [-0.2, -0.15) is 4.80 Å². The highest BCUT2D eigenvalue weighted by Crippen LogP contribution is 2.28. The second-order valence-electron chi connectivity index (χ2n) is 5.34. The molecule has 11 heteroatoms. The maximum atomic E-state index is 13.0. The average molecular weight is 372 g/mol. The number of nitro groups is 1. The van der Waals surface area contributed by atoms with Crippen LogP contribution in [-0.4, -0.2) is 38.1 Å². The molecule has 2 aromatic carbocycles. The minimum atomic E-state index is -0.580. The molecule has 138 valence electrons. The van der Waals surface area contributed by atoms with Gasteiger partial charge in [-0.25, -0.2) is 4.39 Å². The van der Waals surface area contributed by atoms with Crippen LogP contribution in [0.25, 0.3) is 11.4 Å². The normalized spacial score (nSPS) is 10.4. The Morgan fingerprint density at radius 3 is 2.70 bits per heavy atom. The summed E-state index contributed by atoms with van der Waals surface area (Å²) in [6.07, 6.45) is 0. The lowest BCUT2D eigenvalue weighted by atomic mass is 10.2. The van der Waals surface area contributed by atoms with E-state index in [1.165, 1.54) is 49.6 Å². The second-order valence-corrected chi connectivity index (χ2v) is 5.34. The highest BCUT2D eigenvalue weighted by molar-refractivity contribution is 5.92. The van der Waals surface area contributed by atoms with Crippen LogP contribution in [0.4, 0.5) is 15.8 Å². The van der Waals surface area contributed by atoms with E-state index in [1.807, 2.05) is 0 Å². The molecule has 0 bridgehead atoms. The van der Waals surface area contributed by atoms with Crippen LogP contribution in [0.5, 0.6) is 5.75 Å². The molecule has 27 heavy (non-hydrogen) atoms. The second kappa shape index (κ2) is 7.56. The molecule has 0 saturated carbocycles. The van der Waals surface area contributed by atoms with Crippen molar-refractivity contribution in [2.75, 3.05) is 12.4 Å². The van der Waals surface area contributed by atoms with Gasteiger partial charge in [0.1, 0.15) is 18.1 Å². The van der Waals surface area contributed by atoms with Gasteiger partial charge in [0.25, 0.3) is 5.69 Å². The van der Waals surface area contributed by atoms with E-state index in [0.717, 1.165) is 4.80 Å². The summed E-state index contributed by atoms with van der Waals surface area (Å²) in [4.78, 5) is 23.6. The zero-order valence-electron chi connectivity index (χ0n) is 14.0. The van der Waals surface area contributed by atoms with Crippen LogP contribution in [-0.2, 0) is 11.3 Å². The number of anilines is 1. The zero-order chi connectivity index (χ0) is 19.4. The van der Waals surface area contributed by atoms with Crippen molar-refractivity contribution >= 4 is 17.3 Å². The fourth-order valence-electron chi connectivity index (χ4n) is 2.25. The molecule has 1 aromatic heterocycles. The first-order valence-corrected chi connectivity index (χ1v) is 7.62. The summed E-state index contributed by atoms with van der Waals surface area (Å²) in [5.74, 6) is -0.420. The molecule has 0 unspecified atom stereocenters. The average Bonchev–Trinajstić information content (AvgIpc) is 3.10. The van der Waals surface area contributed by atoms with Crippen LogP contribution >= 0.6 is 0 Å². The molecule has 0 spiro atoms. The van der Waals surface area contributed by atoms with Gasteiger partial charge in [0, 0.05) is 17.7 Å². The predicted octanol–water partition coefficient (Wildman–Crippen LogP) is 2.03. The van der Waals surface area contributed by atoms with Gasteiger partial charge in [0.2, 0.25) is 11.7 Å². The Hall–Kier alpha value is -3.89. The first-order chi connectivity index (χ1) is 13.0. The van der Waals surface area contributed by atoms with Crippen molar-refractivity contribution in [3.8, 4) is 17.1 Å². The quantitative estimate of drug-likeness (QED) is 0.518. The van der Waals surface area contributed by atoms with Crippen LogP contribution < -0.4 is 10.1 Å². The predicted molar refractivity (Wildman–Crippen MR) is 91.5 cm³/mol. The van der Waals surface area contributed by atoms with E-state index in [4.69, 9.17) is 4.74 Å². The molecule has 1 heterocycles. The Bertz CT molecular complexity index is 989. The van der Waals surface area contributed by atoms with E-state index in [-0.39, 0.29) is 29.5 Å². The lowest BCUT2D eigenvalue weighted by Gasteiger charge is -2.09. The third-order valence-electron chi connectivity index (χ3n) is 3.51. The number of tetrazole rings is 1. The van der Waals surface area contributed by atoms with Crippen molar-refractivity contribution in [1.82, 2.24) is 20.2 Å². The van der Waals surface area contributed by atoms with E-state index in [2.05, 4.69) is 20.7 Å². The van der Waals surface area contributed by atoms with Crippen LogP contribution in [0, 0.1) is 15.9 Å². The van der Waals surface area contributed by atoms with Crippen LogP contribution in [0.3, 0.4) is 0 Å². The lowest BCUT2D eigenvalue weighted by Crippen LogP contribution is -2.20.